The molecule has 0 saturated carbocycles. The Morgan fingerprint density at radius 1 is 1.40 bits per heavy atom. The lowest BCUT2D eigenvalue weighted by Gasteiger charge is -2.11. The molecule has 0 aromatic heterocycles. The first-order chi connectivity index (χ1) is 7.10. The van der Waals surface area contributed by atoms with Gasteiger partial charge in [-0.25, -0.2) is 4.79 Å². The Kier molecular flexibility index (Phi) is 3.55. The number of rotatable bonds is 4. The molecule has 1 aromatic rings. The van der Waals surface area contributed by atoms with E-state index in [4.69, 9.17) is 14.6 Å². The van der Waals surface area contributed by atoms with Crippen molar-refractivity contribution in [1.82, 2.24) is 0 Å². The lowest BCUT2D eigenvalue weighted by molar-refractivity contribution is 0.0692. The Bertz CT molecular complexity index is 371. The highest BCUT2D eigenvalue weighted by atomic mass is 16.5. The number of methoxy groups -OCH3 is 1. The number of hydrogen-bond donors (Lipinski definition) is 1. The van der Waals surface area contributed by atoms with Crippen LogP contribution >= 0.6 is 0 Å². The zero-order valence-electron chi connectivity index (χ0n) is 9.03. The first-order valence-electron chi connectivity index (χ1n) is 4.64. The normalized spacial score (nSPS) is 9.80. The van der Waals surface area contributed by atoms with Crippen LogP contribution in [0.15, 0.2) is 12.1 Å². The molecule has 1 N–H and O–H groups in total. The number of aryl methyl sites for hydroxylation is 1. The van der Waals surface area contributed by atoms with Crippen molar-refractivity contribution in [3.05, 3.63) is 23.3 Å². The molecule has 0 amide bonds. The van der Waals surface area contributed by atoms with Crippen LogP contribution in [0.2, 0.25) is 0 Å². The first-order valence-corrected chi connectivity index (χ1v) is 4.64. The standard InChI is InChI=1S/C11H14O4/c1-4-15-10-6-9(14-3)7(2)5-8(10)11(12)13/h5-6H,4H2,1-3H3,(H,12,13). The summed E-state index contributed by atoms with van der Waals surface area (Å²) < 4.78 is 10.3. The second-order valence-corrected chi connectivity index (χ2v) is 3.06. The summed E-state index contributed by atoms with van der Waals surface area (Å²) in [5, 5.41) is 8.96. The molecule has 0 atom stereocenters. The molecule has 0 aliphatic heterocycles. The molecule has 1 aromatic carbocycles. The molecule has 0 fully saturated rings. The number of ether oxygens (including phenoxy) is 2. The Balaban J connectivity index is 3.25. The van der Waals surface area contributed by atoms with Gasteiger partial charge >= 0.3 is 5.97 Å². The van der Waals surface area contributed by atoms with Crippen molar-refractivity contribution in [2.24, 2.45) is 0 Å². The number of benzene rings is 1. The molecule has 0 aliphatic rings. The summed E-state index contributed by atoms with van der Waals surface area (Å²) in [6.45, 7) is 4.02. The second kappa shape index (κ2) is 4.68. The summed E-state index contributed by atoms with van der Waals surface area (Å²) >= 11 is 0. The lowest BCUT2D eigenvalue weighted by atomic mass is 10.1. The van der Waals surface area contributed by atoms with E-state index >= 15 is 0 Å². The van der Waals surface area contributed by atoms with Gasteiger partial charge in [0.25, 0.3) is 0 Å². The Morgan fingerprint density at radius 2 is 2.07 bits per heavy atom. The highest BCUT2D eigenvalue weighted by Gasteiger charge is 2.14. The smallest absolute Gasteiger partial charge is 0.339 e. The van der Waals surface area contributed by atoms with Gasteiger partial charge in [0.15, 0.2) is 0 Å². The molecular formula is C11H14O4. The Hall–Kier alpha value is -1.71. The Morgan fingerprint density at radius 3 is 2.53 bits per heavy atom. The number of carboxylic acids is 1. The van der Waals surface area contributed by atoms with E-state index in [1.165, 1.54) is 0 Å². The summed E-state index contributed by atoms with van der Waals surface area (Å²) in [4.78, 5) is 10.9. The minimum atomic E-state index is -0.996. The first kappa shape index (κ1) is 11.4. The molecular weight excluding hydrogens is 196 g/mol. The predicted molar refractivity (Wildman–Crippen MR) is 55.9 cm³/mol. The summed E-state index contributed by atoms with van der Waals surface area (Å²) in [5.74, 6) is -0.0277. The van der Waals surface area contributed by atoms with Crippen LogP contribution in [-0.4, -0.2) is 24.8 Å². The predicted octanol–water partition coefficient (Wildman–Crippen LogP) is 2.10. The van der Waals surface area contributed by atoms with E-state index in [0.717, 1.165) is 5.56 Å². The highest BCUT2D eigenvalue weighted by Crippen LogP contribution is 2.28. The molecule has 82 valence electrons. The van der Waals surface area contributed by atoms with Gasteiger partial charge in [-0.15, -0.1) is 0 Å². The monoisotopic (exact) mass is 210 g/mol. The lowest BCUT2D eigenvalue weighted by Crippen LogP contribution is -2.04. The number of carbonyl (C=O) groups is 1. The topological polar surface area (TPSA) is 55.8 Å². The molecule has 0 spiro atoms. The number of hydrogen-bond acceptors (Lipinski definition) is 3. The largest absolute Gasteiger partial charge is 0.496 e. The van der Waals surface area contributed by atoms with Crippen LogP contribution in [0.25, 0.3) is 0 Å². The third-order valence-electron chi connectivity index (χ3n) is 2.03. The van der Waals surface area contributed by atoms with Crippen LogP contribution in [0.3, 0.4) is 0 Å². The molecule has 0 bridgehead atoms. The molecule has 1 rings (SSSR count). The van der Waals surface area contributed by atoms with Crippen LogP contribution < -0.4 is 9.47 Å². The van der Waals surface area contributed by atoms with Crippen LogP contribution in [0.1, 0.15) is 22.8 Å². The summed E-state index contributed by atoms with van der Waals surface area (Å²) in [6.07, 6.45) is 0. The fourth-order valence-electron chi connectivity index (χ4n) is 1.33. The quantitative estimate of drug-likeness (QED) is 0.826. The van der Waals surface area contributed by atoms with Crippen molar-refractivity contribution in [2.75, 3.05) is 13.7 Å². The molecule has 4 nitrogen and oxygen atoms in total. The molecule has 0 heterocycles. The van der Waals surface area contributed by atoms with E-state index in [0.29, 0.717) is 18.1 Å². The minimum Gasteiger partial charge on any atom is -0.496 e. The maximum atomic E-state index is 10.9. The molecule has 0 aliphatic carbocycles. The fraction of sp³-hybridized carbons (Fsp3) is 0.364. The molecule has 0 saturated heterocycles. The third-order valence-corrected chi connectivity index (χ3v) is 2.03. The third kappa shape index (κ3) is 2.40. The summed E-state index contributed by atoms with van der Waals surface area (Å²) in [6, 6.07) is 3.15. The zero-order chi connectivity index (χ0) is 11.4. The average Bonchev–Trinajstić information content (AvgIpc) is 2.20. The van der Waals surface area contributed by atoms with Gasteiger partial charge in [-0.05, 0) is 25.5 Å². The van der Waals surface area contributed by atoms with Gasteiger partial charge in [-0.3, -0.25) is 0 Å². The van der Waals surface area contributed by atoms with E-state index in [2.05, 4.69) is 0 Å². The van der Waals surface area contributed by atoms with Crippen molar-refractivity contribution >= 4 is 5.97 Å². The van der Waals surface area contributed by atoms with Crippen LogP contribution in [-0.2, 0) is 0 Å². The van der Waals surface area contributed by atoms with E-state index in [9.17, 15) is 4.79 Å². The van der Waals surface area contributed by atoms with Gasteiger partial charge in [-0.1, -0.05) is 0 Å². The molecule has 0 unspecified atom stereocenters. The molecule has 15 heavy (non-hydrogen) atoms. The maximum absolute atomic E-state index is 10.9. The van der Waals surface area contributed by atoms with Crippen molar-refractivity contribution in [1.29, 1.82) is 0 Å². The fourth-order valence-corrected chi connectivity index (χ4v) is 1.33. The second-order valence-electron chi connectivity index (χ2n) is 3.06. The SMILES string of the molecule is CCOc1cc(OC)c(C)cc1C(=O)O. The van der Waals surface area contributed by atoms with Gasteiger partial charge < -0.3 is 14.6 Å². The van der Waals surface area contributed by atoms with Gasteiger partial charge in [0.1, 0.15) is 17.1 Å². The van der Waals surface area contributed by atoms with E-state index < -0.39 is 5.97 Å². The van der Waals surface area contributed by atoms with Crippen molar-refractivity contribution in [2.45, 2.75) is 13.8 Å². The van der Waals surface area contributed by atoms with Gasteiger partial charge in [0.2, 0.25) is 0 Å². The summed E-state index contributed by atoms with van der Waals surface area (Å²) in [7, 11) is 1.54. The number of carboxylic acid groups (broad SMARTS) is 1. The van der Waals surface area contributed by atoms with Crippen molar-refractivity contribution in [3.8, 4) is 11.5 Å². The highest BCUT2D eigenvalue weighted by molar-refractivity contribution is 5.91. The van der Waals surface area contributed by atoms with E-state index in [1.807, 2.05) is 0 Å². The van der Waals surface area contributed by atoms with Gasteiger partial charge in [-0.2, -0.15) is 0 Å². The number of aromatic carboxylic acids is 1. The molecule has 4 heteroatoms. The van der Waals surface area contributed by atoms with Gasteiger partial charge in [0, 0.05) is 6.07 Å². The summed E-state index contributed by atoms with van der Waals surface area (Å²) in [5.41, 5.74) is 0.938. The van der Waals surface area contributed by atoms with E-state index in [-0.39, 0.29) is 5.56 Å². The van der Waals surface area contributed by atoms with Crippen LogP contribution in [0.5, 0.6) is 11.5 Å². The molecule has 0 radical (unpaired) electrons. The van der Waals surface area contributed by atoms with Crippen molar-refractivity contribution < 1.29 is 19.4 Å². The maximum Gasteiger partial charge on any atom is 0.339 e. The van der Waals surface area contributed by atoms with E-state index in [1.54, 1.807) is 33.1 Å². The average molecular weight is 210 g/mol. The van der Waals surface area contributed by atoms with Crippen LogP contribution in [0.4, 0.5) is 0 Å². The van der Waals surface area contributed by atoms with Gasteiger partial charge in [0.05, 0.1) is 13.7 Å². The Labute approximate surface area is 88.4 Å². The zero-order valence-corrected chi connectivity index (χ0v) is 9.03. The van der Waals surface area contributed by atoms with Crippen LogP contribution in [0, 0.1) is 6.92 Å². The minimum absolute atomic E-state index is 0.162. The van der Waals surface area contributed by atoms with Crippen molar-refractivity contribution in [3.63, 3.8) is 0 Å².